The molecule has 3 aromatic rings. The molecule has 0 aliphatic carbocycles. The lowest BCUT2D eigenvalue weighted by atomic mass is 10.2. The van der Waals surface area contributed by atoms with Crippen LogP contribution in [0.25, 0.3) is 11.2 Å². The molecule has 2 aliphatic rings. The van der Waals surface area contributed by atoms with Crippen molar-refractivity contribution in [3.63, 3.8) is 0 Å². The van der Waals surface area contributed by atoms with Gasteiger partial charge in [0.1, 0.15) is 37.1 Å². The molecular formula is C34H52N11O11PSi. The van der Waals surface area contributed by atoms with E-state index in [0.29, 0.717) is 0 Å². The third kappa shape index (κ3) is 10.7. The molecule has 2 fully saturated rings. The Morgan fingerprint density at radius 2 is 1.81 bits per heavy atom. The second kappa shape index (κ2) is 18.4. The van der Waals surface area contributed by atoms with Crippen LogP contribution in [0.4, 0.5) is 11.9 Å². The summed E-state index contributed by atoms with van der Waals surface area (Å²) in [4.78, 5) is 63.1. The fourth-order valence-electron chi connectivity index (χ4n) is 5.70. The Morgan fingerprint density at radius 1 is 1.14 bits per heavy atom. The molecule has 0 aromatic carbocycles. The molecule has 58 heavy (non-hydrogen) atoms. The molecule has 318 valence electrons. The Morgan fingerprint density at radius 3 is 2.45 bits per heavy atom. The number of aliphatic imine (C=N–C) groups is 1. The third-order valence-electron chi connectivity index (χ3n) is 9.85. The molecule has 0 spiro atoms. The molecule has 5 rings (SSSR count). The summed E-state index contributed by atoms with van der Waals surface area (Å²) in [6.45, 7) is 12.5. The van der Waals surface area contributed by atoms with Crippen molar-refractivity contribution in [3.05, 3.63) is 33.5 Å². The molecule has 2 saturated heterocycles. The SMILES string of the molecule is CC(C)C(=O)Nc1nc2c(ncn2[C@H]2C[C@H](O[Si](C)(C)C(C)(C)C)[C@@H](COP(=O)(OCCC#N)O[C@H]3C[C@H](n4cnc(/N=C/N(C)C)nc4=O)O[C@@H]3CO)O2)c(=O)[nH]1. The predicted molar refractivity (Wildman–Crippen MR) is 211 cm³/mol. The molecule has 0 radical (unpaired) electrons. The Hall–Kier alpha value is -4.24. The van der Waals surface area contributed by atoms with Crippen molar-refractivity contribution in [3.8, 4) is 6.07 Å². The number of nitrogens with one attached hydrogen (secondary N) is 2. The lowest BCUT2D eigenvalue weighted by Crippen LogP contribution is -2.46. The lowest BCUT2D eigenvalue weighted by molar-refractivity contribution is -0.118. The quantitative estimate of drug-likeness (QED) is 0.0579. The number of phosphoric acid groups is 1. The average molecular weight is 850 g/mol. The van der Waals surface area contributed by atoms with E-state index >= 15 is 0 Å². The fraction of sp³-hybridized carbons (Fsp3) is 0.676. The molecule has 3 aromatic heterocycles. The fourth-order valence-corrected chi connectivity index (χ4v) is 8.45. The minimum atomic E-state index is -4.55. The van der Waals surface area contributed by atoms with Crippen molar-refractivity contribution in [1.29, 1.82) is 5.26 Å². The monoisotopic (exact) mass is 849 g/mol. The second-order valence-corrected chi connectivity index (χ2v) is 22.3. The number of aromatic amines is 1. The van der Waals surface area contributed by atoms with Crippen LogP contribution < -0.4 is 16.6 Å². The summed E-state index contributed by atoms with van der Waals surface area (Å²) in [5.74, 6) is -0.839. The number of phosphoric ester groups is 1. The highest BCUT2D eigenvalue weighted by atomic mass is 31.2. The minimum Gasteiger partial charge on any atom is -0.411 e. The molecule has 7 atom stereocenters. The molecule has 22 nitrogen and oxygen atoms in total. The number of anilines is 1. The van der Waals surface area contributed by atoms with Crippen LogP contribution in [0.1, 0.15) is 66.3 Å². The van der Waals surface area contributed by atoms with E-state index in [2.05, 4.69) is 69.1 Å². The van der Waals surface area contributed by atoms with E-state index < -0.39 is 70.9 Å². The van der Waals surface area contributed by atoms with Crippen molar-refractivity contribution in [1.82, 2.24) is 39.0 Å². The number of amides is 1. The molecule has 5 heterocycles. The number of nitriles is 1. The van der Waals surface area contributed by atoms with E-state index in [-0.39, 0.29) is 72.4 Å². The van der Waals surface area contributed by atoms with Crippen LogP contribution in [-0.2, 0) is 36.8 Å². The van der Waals surface area contributed by atoms with Gasteiger partial charge in [0, 0.05) is 32.9 Å². The minimum absolute atomic E-state index is 0.0228. The zero-order valence-electron chi connectivity index (χ0n) is 34.0. The first-order valence-electron chi connectivity index (χ1n) is 18.7. The molecule has 2 aliphatic heterocycles. The van der Waals surface area contributed by atoms with Crippen molar-refractivity contribution in [2.24, 2.45) is 10.9 Å². The van der Waals surface area contributed by atoms with Gasteiger partial charge in [-0.1, -0.05) is 34.6 Å². The van der Waals surface area contributed by atoms with E-state index in [1.165, 1.54) is 19.0 Å². The van der Waals surface area contributed by atoms with E-state index in [4.69, 9.17) is 27.5 Å². The zero-order chi connectivity index (χ0) is 42.6. The molecule has 1 unspecified atom stereocenters. The van der Waals surface area contributed by atoms with Crippen LogP contribution in [0.2, 0.25) is 18.1 Å². The van der Waals surface area contributed by atoms with Gasteiger partial charge in [-0.25, -0.2) is 24.3 Å². The summed E-state index contributed by atoms with van der Waals surface area (Å²) < 4.78 is 53.7. The maximum absolute atomic E-state index is 14.4. The highest BCUT2D eigenvalue weighted by molar-refractivity contribution is 7.48. The number of hydrogen-bond donors (Lipinski definition) is 3. The van der Waals surface area contributed by atoms with Crippen LogP contribution in [-0.4, -0.2) is 123 Å². The van der Waals surface area contributed by atoms with Crippen molar-refractivity contribution in [2.75, 3.05) is 39.2 Å². The van der Waals surface area contributed by atoms with Gasteiger partial charge in [0.2, 0.25) is 11.9 Å². The van der Waals surface area contributed by atoms with Gasteiger partial charge in [-0.2, -0.15) is 15.2 Å². The number of aliphatic hydroxyl groups excluding tert-OH is 1. The van der Waals surface area contributed by atoms with Crippen LogP contribution >= 0.6 is 7.82 Å². The molecule has 24 heteroatoms. The zero-order valence-corrected chi connectivity index (χ0v) is 35.9. The second-order valence-electron chi connectivity index (χ2n) is 15.9. The Kier molecular flexibility index (Phi) is 14.2. The third-order valence-corrected chi connectivity index (χ3v) is 15.9. The van der Waals surface area contributed by atoms with E-state index in [1.54, 1.807) is 37.4 Å². The van der Waals surface area contributed by atoms with Crippen LogP contribution in [0.15, 0.2) is 27.2 Å². The van der Waals surface area contributed by atoms with Gasteiger partial charge in [-0.05, 0) is 18.1 Å². The summed E-state index contributed by atoms with van der Waals surface area (Å²) in [6, 6.07) is 1.92. The van der Waals surface area contributed by atoms with Gasteiger partial charge in [0.25, 0.3) is 11.5 Å². The van der Waals surface area contributed by atoms with Gasteiger partial charge in [0.15, 0.2) is 19.5 Å². The lowest BCUT2D eigenvalue weighted by Gasteiger charge is -2.39. The molecular weight excluding hydrogens is 797 g/mol. The number of imidazole rings is 1. The maximum atomic E-state index is 14.4. The maximum Gasteiger partial charge on any atom is 0.475 e. The van der Waals surface area contributed by atoms with Gasteiger partial charge in [0.05, 0.1) is 51.1 Å². The molecule has 3 N–H and O–H groups in total. The van der Waals surface area contributed by atoms with Crippen LogP contribution in [0, 0.1) is 17.2 Å². The normalized spacial score (nSPS) is 23.8. The highest BCUT2D eigenvalue weighted by Gasteiger charge is 2.48. The standard InChI is InChI=1S/C34H52N11O11PSi/c1-20(2)29(47)40-32-39-28-27(30(48)41-32)36-18-44(28)25-14-22(56-58(8,9)34(3,4)5)24(54-25)16-52-57(50,51-12-10-11-35)55-21-13-26(53-23(21)15-46)45-19-38-31(42-33(45)49)37-17-43(6)7/h17-26,46H,10,12-16H2,1-9H3,(H2,39,40,41,47,48)/b37-17+/t21-,22-,23+,24+,25+,26+,57?/m0/s1. The number of aliphatic hydroxyl groups is 1. The first-order valence-corrected chi connectivity index (χ1v) is 23.1. The summed E-state index contributed by atoms with van der Waals surface area (Å²) in [6.07, 6.45) is -1.41. The molecule has 1 amide bonds. The first-order chi connectivity index (χ1) is 27.2. The van der Waals surface area contributed by atoms with Crippen molar-refractivity contribution >= 4 is 51.4 Å². The van der Waals surface area contributed by atoms with Crippen molar-refractivity contribution < 1.29 is 41.9 Å². The van der Waals surface area contributed by atoms with Gasteiger partial charge < -0.3 is 23.9 Å². The van der Waals surface area contributed by atoms with Gasteiger partial charge in [-0.3, -0.25) is 42.6 Å². The van der Waals surface area contributed by atoms with Crippen LogP contribution in [0.3, 0.4) is 0 Å². The van der Waals surface area contributed by atoms with Gasteiger partial charge >= 0.3 is 13.5 Å². The average Bonchev–Trinajstić information content (AvgIpc) is 3.86. The largest absolute Gasteiger partial charge is 0.475 e. The van der Waals surface area contributed by atoms with E-state index in [9.17, 15) is 29.3 Å². The van der Waals surface area contributed by atoms with E-state index in [0.717, 1.165) is 4.57 Å². The summed E-state index contributed by atoms with van der Waals surface area (Å²) in [5.41, 5.74) is -1.11. The molecule has 0 saturated carbocycles. The number of nitrogens with zero attached hydrogens (tertiary/aromatic N) is 9. The molecule has 0 bridgehead atoms. The van der Waals surface area contributed by atoms with Gasteiger partial charge in [-0.15, -0.1) is 0 Å². The number of carbonyl (C=O) groups excluding carboxylic acids is 1. The summed E-state index contributed by atoms with van der Waals surface area (Å²) >= 11 is 0. The number of H-pyrrole nitrogens is 1. The number of carbonyl (C=O) groups is 1. The number of hydrogen-bond acceptors (Lipinski definition) is 17. The predicted octanol–water partition coefficient (Wildman–Crippen LogP) is 2.99. The first kappa shape index (κ1) is 44.9. The number of fused-ring (bicyclic) bond motifs is 1. The Labute approximate surface area is 335 Å². The highest BCUT2D eigenvalue weighted by Crippen LogP contribution is 2.54. The van der Waals surface area contributed by atoms with Crippen LogP contribution in [0.5, 0.6) is 0 Å². The number of ether oxygens (including phenoxy) is 2. The summed E-state index contributed by atoms with van der Waals surface area (Å²) in [7, 11) is -3.52. The number of aromatic nitrogens is 7. The number of rotatable bonds is 17. The van der Waals surface area contributed by atoms with Crippen molar-refractivity contribution in [2.45, 2.75) is 109 Å². The Bertz CT molecular complexity index is 2160. The summed E-state index contributed by atoms with van der Waals surface area (Å²) in [5, 5.41) is 21.8. The smallest absolute Gasteiger partial charge is 0.411 e. The van der Waals surface area contributed by atoms with E-state index in [1.807, 2.05) is 6.07 Å². The topological polar surface area (TPSA) is 273 Å². The Balaban J connectivity index is 1.39.